The van der Waals surface area contributed by atoms with E-state index in [9.17, 15) is 11.0 Å². The Bertz CT molecular complexity index is 4910. The van der Waals surface area contributed by atoms with Crippen molar-refractivity contribution in [3.05, 3.63) is 206 Å². The maximum absolute atomic E-state index is 9.60. The molecule has 0 aliphatic carbocycles. The highest BCUT2D eigenvalue weighted by Gasteiger charge is 2.19. The summed E-state index contributed by atoms with van der Waals surface area (Å²) in [6, 6.07) is 13.7. The van der Waals surface area contributed by atoms with Gasteiger partial charge in [0, 0.05) is 21.5 Å². The van der Waals surface area contributed by atoms with Gasteiger partial charge in [0.25, 0.3) is 0 Å². The van der Waals surface area contributed by atoms with Crippen molar-refractivity contribution >= 4 is 87.0 Å². The minimum absolute atomic E-state index is 0.0323. The first-order valence-electron chi connectivity index (χ1n) is 28.5. The molecule has 13 aromatic rings. The number of rotatable bonds is 4. The van der Waals surface area contributed by atoms with Crippen molar-refractivity contribution in [2.75, 3.05) is 0 Å². The first-order valence-corrected chi connectivity index (χ1v) is 19.0. The van der Waals surface area contributed by atoms with Crippen LogP contribution in [0.2, 0.25) is 0 Å². The molecule has 2 heteroatoms. The molecule has 0 aliphatic heterocycles. The zero-order valence-corrected chi connectivity index (χ0v) is 31.0. The average molecular weight is 782 g/mol. The van der Waals surface area contributed by atoms with Gasteiger partial charge in [-0.15, -0.1) is 0 Å². The Balaban J connectivity index is 1.07. The molecule has 2 heterocycles. The average Bonchev–Trinajstić information content (AvgIpc) is 3.98. The molecule has 0 aliphatic rings. The molecule has 0 fully saturated rings. The summed E-state index contributed by atoms with van der Waals surface area (Å²) in [5.41, 5.74) is 2.18. The van der Waals surface area contributed by atoms with Crippen LogP contribution in [0.1, 0.15) is 26.0 Å². The van der Waals surface area contributed by atoms with Gasteiger partial charge in [-0.05, 0) is 130 Å². The van der Waals surface area contributed by atoms with Crippen molar-refractivity contribution in [2.24, 2.45) is 0 Å². The van der Waals surface area contributed by atoms with Gasteiger partial charge in [0.1, 0.15) is 22.3 Å². The van der Waals surface area contributed by atoms with E-state index in [0.717, 1.165) is 49.2 Å². The third kappa shape index (κ3) is 4.95. The zero-order valence-electron chi connectivity index (χ0n) is 50.0. The fourth-order valence-electron chi connectivity index (χ4n) is 8.57. The van der Waals surface area contributed by atoms with E-state index in [0.29, 0.717) is 16.6 Å². The topological polar surface area (TPSA) is 26.3 Å². The van der Waals surface area contributed by atoms with Gasteiger partial charge in [0.2, 0.25) is 0 Å². The molecule has 0 saturated heterocycles. The van der Waals surface area contributed by atoms with Crippen molar-refractivity contribution < 1.29 is 34.9 Å². The Morgan fingerprint density at radius 1 is 0.317 bits per heavy atom. The van der Waals surface area contributed by atoms with E-state index in [2.05, 4.69) is 0 Å². The van der Waals surface area contributed by atoms with Crippen LogP contribution in [0.25, 0.3) is 131 Å². The molecule has 60 heavy (non-hydrogen) atoms. The standard InChI is InChI=1S/C58H34O2/c1-2-11-38-32-39(25-22-35(38)10-1)36-20-23-37(24-21-36)55-45-13-3-5-15-47(45)56(48-16-6-4-14-46(48)55)42-27-28-44-40(33-42)12-9-18-43(44)41-26-29-50-54(34-41)60-53-31-30-52-57(58(50)53)49-17-7-8-19-51(49)59-52/h1-34H/i1D,2D,3D,4D,5D,6D,10D,11D,13D,14D,15D,16D,20D,21D,22D,23D,24D,25D,32D. The number of fused-ring (bicyclic) bond motifs is 11. The summed E-state index contributed by atoms with van der Waals surface area (Å²) >= 11 is 0. The second-order valence-electron chi connectivity index (χ2n) is 14.5. The number of para-hydroxylation sites is 1. The molecule has 0 bridgehead atoms. The Hall–Kier alpha value is -7.94. The van der Waals surface area contributed by atoms with Crippen molar-refractivity contribution in [3.63, 3.8) is 0 Å². The van der Waals surface area contributed by atoms with Crippen LogP contribution in [0.5, 0.6) is 0 Å². The summed E-state index contributed by atoms with van der Waals surface area (Å²) in [5, 5.41) is 2.84. The van der Waals surface area contributed by atoms with Crippen LogP contribution >= 0.6 is 0 Å². The van der Waals surface area contributed by atoms with Gasteiger partial charge in [-0.25, -0.2) is 0 Å². The molecule has 13 rings (SSSR count). The number of hydrogen-bond donors (Lipinski definition) is 0. The Labute approximate surface area is 371 Å². The summed E-state index contributed by atoms with van der Waals surface area (Å²) in [6.07, 6.45) is 0. The first kappa shape index (κ1) is 19.7. The van der Waals surface area contributed by atoms with Gasteiger partial charge < -0.3 is 8.83 Å². The molecular weight excluding hydrogens is 729 g/mol. The summed E-state index contributed by atoms with van der Waals surface area (Å²) in [5.74, 6) is 0. The summed E-state index contributed by atoms with van der Waals surface area (Å²) in [4.78, 5) is 0. The van der Waals surface area contributed by atoms with Crippen LogP contribution in [0.3, 0.4) is 0 Å². The quantitative estimate of drug-likeness (QED) is 0.166. The highest BCUT2D eigenvalue weighted by atomic mass is 16.3. The van der Waals surface area contributed by atoms with Crippen molar-refractivity contribution in [1.82, 2.24) is 0 Å². The Morgan fingerprint density at radius 3 is 1.65 bits per heavy atom. The van der Waals surface area contributed by atoms with Crippen LogP contribution < -0.4 is 0 Å². The molecule has 0 amide bonds. The van der Waals surface area contributed by atoms with E-state index in [1.807, 2.05) is 72.8 Å². The number of hydrogen-bond acceptors (Lipinski definition) is 2. The predicted molar refractivity (Wildman–Crippen MR) is 253 cm³/mol. The lowest BCUT2D eigenvalue weighted by molar-refractivity contribution is 0.663. The summed E-state index contributed by atoms with van der Waals surface area (Å²) in [6.45, 7) is 0. The molecular formula is C58H34O2. The first-order chi connectivity index (χ1) is 37.7. The summed E-state index contributed by atoms with van der Waals surface area (Å²) < 4.78 is 185. The fraction of sp³-hybridized carbons (Fsp3) is 0. The van der Waals surface area contributed by atoms with Gasteiger partial charge in [-0.1, -0.05) is 163 Å². The van der Waals surface area contributed by atoms with E-state index >= 15 is 0 Å². The van der Waals surface area contributed by atoms with E-state index < -0.39 is 159 Å². The van der Waals surface area contributed by atoms with Crippen LogP contribution in [-0.2, 0) is 0 Å². The van der Waals surface area contributed by atoms with Crippen LogP contribution in [0.15, 0.2) is 215 Å². The monoisotopic (exact) mass is 781 g/mol. The maximum Gasteiger partial charge on any atom is 0.136 e. The van der Waals surface area contributed by atoms with Gasteiger partial charge in [-0.3, -0.25) is 0 Å². The minimum atomic E-state index is -0.918. The van der Waals surface area contributed by atoms with Crippen LogP contribution in [-0.4, -0.2) is 0 Å². The van der Waals surface area contributed by atoms with Gasteiger partial charge >= 0.3 is 0 Å². The molecule has 2 aromatic heterocycles. The second-order valence-corrected chi connectivity index (χ2v) is 14.5. The molecule has 0 saturated carbocycles. The molecule has 0 atom stereocenters. The molecule has 0 unspecified atom stereocenters. The van der Waals surface area contributed by atoms with Gasteiger partial charge in [0.05, 0.1) is 26.0 Å². The summed E-state index contributed by atoms with van der Waals surface area (Å²) in [7, 11) is 0. The van der Waals surface area contributed by atoms with E-state index in [1.165, 1.54) is 0 Å². The van der Waals surface area contributed by atoms with Gasteiger partial charge in [0.15, 0.2) is 0 Å². The largest absolute Gasteiger partial charge is 0.456 e. The normalized spacial score (nSPS) is 16.4. The fourth-order valence-corrected chi connectivity index (χ4v) is 8.57. The van der Waals surface area contributed by atoms with Gasteiger partial charge in [-0.2, -0.15) is 0 Å². The Morgan fingerprint density at radius 2 is 0.900 bits per heavy atom. The van der Waals surface area contributed by atoms with Crippen molar-refractivity contribution in [2.45, 2.75) is 0 Å². The second kappa shape index (κ2) is 12.8. The third-order valence-corrected chi connectivity index (χ3v) is 11.2. The lowest BCUT2D eigenvalue weighted by atomic mass is 9.85. The highest BCUT2D eigenvalue weighted by molar-refractivity contribution is 6.26. The lowest BCUT2D eigenvalue weighted by Gasteiger charge is -2.18. The number of furan rings is 2. The molecule has 0 radical (unpaired) electrons. The zero-order chi connectivity index (χ0) is 55.8. The van der Waals surface area contributed by atoms with Crippen LogP contribution in [0, 0.1) is 0 Å². The van der Waals surface area contributed by atoms with Crippen LogP contribution in [0.4, 0.5) is 0 Å². The minimum Gasteiger partial charge on any atom is -0.456 e. The van der Waals surface area contributed by atoms with Crippen molar-refractivity contribution in [3.8, 4) is 44.5 Å². The maximum atomic E-state index is 9.60. The molecule has 0 spiro atoms. The van der Waals surface area contributed by atoms with E-state index in [4.69, 9.17) is 23.9 Å². The van der Waals surface area contributed by atoms with E-state index in [-0.39, 0.29) is 21.9 Å². The Kier molecular flexibility index (Phi) is 4.19. The molecule has 11 aromatic carbocycles. The molecule has 0 N–H and O–H groups in total. The predicted octanol–water partition coefficient (Wildman–Crippen LogP) is 16.8. The van der Waals surface area contributed by atoms with E-state index in [1.54, 1.807) is 18.2 Å². The molecule has 278 valence electrons. The SMILES string of the molecule is [2H]c1c([2H])c(-c2c3c([2H])c([2H])c([2H])c([2H])c3c(-c3ccc4c(-c5ccc6c(c5)oc5ccc7oc8ccccc8c7c56)cccc4c3)c3c([2H])c([2H])c([2H])c([2H])c23)c([2H])c([2H])c1-c1c([2H])c([2H])c2c([2H])c([2H])c([2H])c([2H])c2c1[2H]. The highest BCUT2D eigenvalue weighted by Crippen LogP contribution is 2.46. The molecule has 2 nitrogen and oxygen atoms in total. The van der Waals surface area contributed by atoms with Crippen molar-refractivity contribution in [1.29, 1.82) is 0 Å². The smallest absolute Gasteiger partial charge is 0.136 e. The number of benzene rings is 11. The third-order valence-electron chi connectivity index (χ3n) is 11.2. The lowest BCUT2D eigenvalue weighted by Crippen LogP contribution is -1.91.